The van der Waals surface area contributed by atoms with Crippen molar-refractivity contribution >= 4 is 46.8 Å². The number of ketones is 2. The number of carbonyl (C=O) groups is 3. The fourth-order valence-electron chi connectivity index (χ4n) is 4.06. The second kappa shape index (κ2) is 15.7. The van der Waals surface area contributed by atoms with Crippen LogP contribution in [0, 0.1) is 0 Å². The summed E-state index contributed by atoms with van der Waals surface area (Å²) in [5.74, 6) is 0.746. The summed E-state index contributed by atoms with van der Waals surface area (Å²) in [6.07, 6.45) is 4.48. The van der Waals surface area contributed by atoms with Crippen LogP contribution >= 0.6 is 23.5 Å². The molecule has 1 aliphatic heterocycles. The monoisotopic (exact) mass is 580 g/mol. The maximum atomic E-state index is 13.2. The summed E-state index contributed by atoms with van der Waals surface area (Å²) in [7, 11) is 0. The van der Waals surface area contributed by atoms with Gasteiger partial charge in [0.1, 0.15) is 5.71 Å². The van der Waals surface area contributed by atoms with Gasteiger partial charge in [0.05, 0.1) is 18.8 Å². The number of oxime groups is 1. The van der Waals surface area contributed by atoms with Crippen LogP contribution in [0.2, 0.25) is 0 Å². The van der Waals surface area contributed by atoms with E-state index in [9.17, 15) is 14.4 Å². The van der Waals surface area contributed by atoms with Crippen LogP contribution in [0.15, 0.2) is 88.3 Å². The lowest BCUT2D eigenvalue weighted by Gasteiger charge is -2.39. The molecule has 1 saturated heterocycles. The Labute approximate surface area is 245 Å². The number of nitrogens with zero attached hydrogens (tertiary/aromatic N) is 2. The molecule has 0 saturated carbocycles. The van der Waals surface area contributed by atoms with E-state index in [-0.39, 0.29) is 17.3 Å². The molecule has 7 nitrogen and oxygen atoms in total. The molecule has 1 heterocycles. The second-order valence-electron chi connectivity index (χ2n) is 9.46. The van der Waals surface area contributed by atoms with Crippen molar-refractivity contribution in [2.75, 3.05) is 37.8 Å². The SMILES string of the molecule is C=C/C=C/C(=O)O/N=C(\CCSCC)C(=O)c1ccc(Sc2ccc(C(=O)C(C)(C)N3CCOCC3)cc2)cc1. The number of benzene rings is 2. The molecule has 0 atom stereocenters. The number of rotatable bonds is 14. The van der Waals surface area contributed by atoms with Gasteiger partial charge in [0.15, 0.2) is 5.78 Å². The lowest BCUT2D eigenvalue weighted by molar-refractivity contribution is -0.137. The van der Waals surface area contributed by atoms with Crippen molar-refractivity contribution in [1.82, 2.24) is 4.90 Å². The van der Waals surface area contributed by atoms with Gasteiger partial charge in [0, 0.05) is 46.5 Å². The molecule has 3 rings (SSSR count). The van der Waals surface area contributed by atoms with E-state index in [0.29, 0.717) is 36.5 Å². The molecule has 0 bridgehead atoms. The highest BCUT2D eigenvalue weighted by molar-refractivity contribution is 7.99. The lowest BCUT2D eigenvalue weighted by Crippen LogP contribution is -2.54. The quantitative estimate of drug-likeness (QED) is 0.0504. The van der Waals surface area contributed by atoms with E-state index < -0.39 is 11.5 Å². The van der Waals surface area contributed by atoms with Gasteiger partial charge in [-0.25, -0.2) is 4.79 Å². The van der Waals surface area contributed by atoms with Gasteiger partial charge in [-0.3, -0.25) is 14.5 Å². The minimum Gasteiger partial charge on any atom is -0.379 e. The van der Waals surface area contributed by atoms with Gasteiger partial charge in [-0.2, -0.15) is 11.8 Å². The van der Waals surface area contributed by atoms with Gasteiger partial charge >= 0.3 is 5.97 Å². The molecule has 1 fully saturated rings. The van der Waals surface area contributed by atoms with E-state index in [2.05, 4.69) is 16.6 Å². The van der Waals surface area contributed by atoms with Crippen molar-refractivity contribution in [2.24, 2.45) is 5.16 Å². The topological polar surface area (TPSA) is 85.3 Å². The standard InChI is InChI=1S/C31H36N2O5S2/c1-5-7-8-28(34)38-32-27(17-22-39-6-2)29(35)23-9-13-25(14-10-23)40-26-15-11-24(12-16-26)30(36)31(3,4)33-18-20-37-21-19-33/h5,7-16H,1,6,17-22H2,2-4H3/b8-7+,32-27+. The molecule has 0 aliphatic carbocycles. The average molecular weight is 581 g/mol. The van der Waals surface area contributed by atoms with Gasteiger partial charge < -0.3 is 9.57 Å². The van der Waals surface area contributed by atoms with Crippen LogP contribution in [0.3, 0.4) is 0 Å². The minimum atomic E-state index is -0.669. The van der Waals surface area contributed by atoms with Gasteiger partial charge in [0.25, 0.3) is 0 Å². The number of Topliss-reactive ketones (excluding diaryl/α,β-unsaturated/α-hetero) is 2. The highest BCUT2D eigenvalue weighted by Gasteiger charge is 2.35. The zero-order valence-electron chi connectivity index (χ0n) is 23.3. The highest BCUT2D eigenvalue weighted by atomic mass is 32.2. The van der Waals surface area contributed by atoms with Crippen LogP contribution in [0.4, 0.5) is 0 Å². The van der Waals surface area contributed by atoms with Crippen LogP contribution in [-0.2, 0) is 14.4 Å². The van der Waals surface area contributed by atoms with Gasteiger partial charge in [0.2, 0.25) is 5.78 Å². The Morgan fingerprint density at radius 1 is 1.02 bits per heavy atom. The number of thioether (sulfide) groups is 1. The first-order valence-electron chi connectivity index (χ1n) is 13.2. The predicted octanol–water partition coefficient (Wildman–Crippen LogP) is 6.10. The third kappa shape index (κ3) is 9.02. The molecule has 0 spiro atoms. The first-order valence-corrected chi connectivity index (χ1v) is 15.2. The van der Waals surface area contributed by atoms with Crippen molar-refractivity contribution in [3.63, 3.8) is 0 Å². The van der Waals surface area contributed by atoms with E-state index in [4.69, 9.17) is 9.57 Å². The number of morpholine rings is 1. The Kier molecular flexibility index (Phi) is 12.4. The van der Waals surface area contributed by atoms with Crippen molar-refractivity contribution in [1.29, 1.82) is 0 Å². The summed E-state index contributed by atoms with van der Waals surface area (Å²) in [5.41, 5.74) is 0.741. The Bertz CT molecular complexity index is 1230. The highest BCUT2D eigenvalue weighted by Crippen LogP contribution is 2.29. The van der Waals surface area contributed by atoms with Crippen LogP contribution in [0.1, 0.15) is 47.9 Å². The third-order valence-corrected chi connectivity index (χ3v) is 8.31. The average Bonchev–Trinajstić information content (AvgIpc) is 2.98. The molecule has 0 unspecified atom stereocenters. The fraction of sp³-hybridized carbons (Fsp3) is 0.355. The molecule has 1 aliphatic rings. The Balaban J connectivity index is 1.65. The van der Waals surface area contributed by atoms with Crippen LogP contribution in [0.5, 0.6) is 0 Å². The molecule has 2 aromatic carbocycles. The molecule has 0 N–H and O–H groups in total. The molecule has 0 aromatic heterocycles. The van der Waals surface area contributed by atoms with Crippen LogP contribution in [-0.4, -0.2) is 71.5 Å². The predicted molar refractivity (Wildman–Crippen MR) is 163 cm³/mol. The molecular weight excluding hydrogens is 544 g/mol. The summed E-state index contributed by atoms with van der Waals surface area (Å²) < 4.78 is 5.43. The van der Waals surface area contributed by atoms with Crippen LogP contribution < -0.4 is 0 Å². The fourth-order valence-corrected chi connectivity index (χ4v) is 5.50. The van der Waals surface area contributed by atoms with E-state index in [1.54, 1.807) is 35.7 Å². The molecular formula is C31H36N2O5S2. The van der Waals surface area contributed by atoms with Gasteiger partial charge in [-0.05, 0) is 61.8 Å². The number of allylic oxidation sites excluding steroid dienone is 2. The Morgan fingerprint density at radius 3 is 2.20 bits per heavy atom. The minimum absolute atomic E-state index is 0.0889. The van der Waals surface area contributed by atoms with E-state index in [1.165, 1.54) is 18.2 Å². The largest absolute Gasteiger partial charge is 0.379 e. The molecule has 40 heavy (non-hydrogen) atoms. The van der Waals surface area contributed by atoms with Crippen molar-refractivity contribution in [2.45, 2.75) is 42.5 Å². The van der Waals surface area contributed by atoms with E-state index in [1.807, 2.05) is 57.2 Å². The smallest absolute Gasteiger partial charge is 0.358 e. The third-order valence-electron chi connectivity index (χ3n) is 6.39. The molecule has 9 heteroatoms. The van der Waals surface area contributed by atoms with E-state index in [0.717, 1.165) is 28.6 Å². The summed E-state index contributed by atoms with van der Waals surface area (Å²) in [6, 6.07) is 14.9. The van der Waals surface area contributed by atoms with Gasteiger partial charge in [-0.1, -0.05) is 54.7 Å². The second-order valence-corrected chi connectivity index (χ2v) is 12.0. The maximum absolute atomic E-state index is 13.2. The number of ether oxygens (including phenoxy) is 1. The van der Waals surface area contributed by atoms with E-state index >= 15 is 0 Å². The maximum Gasteiger partial charge on any atom is 0.358 e. The molecule has 2 aromatic rings. The lowest BCUT2D eigenvalue weighted by atomic mass is 9.91. The molecule has 0 radical (unpaired) electrons. The van der Waals surface area contributed by atoms with Crippen LogP contribution in [0.25, 0.3) is 0 Å². The summed E-state index contributed by atoms with van der Waals surface area (Å²) in [6.45, 7) is 12.3. The van der Waals surface area contributed by atoms with Crippen molar-refractivity contribution < 1.29 is 24.0 Å². The normalized spacial score (nSPS) is 14.7. The number of hydrogen-bond donors (Lipinski definition) is 0. The summed E-state index contributed by atoms with van der Waals surface area (Å²) >= 11 is 3.22. The van der Waals surface area contributed by atoms with Crippen molar-refractivity contribution in [3.05, 3.63) is 84.5 Å². The Morgan fingerprint density at radius 2 is 1.62 bits per heavy atom. The number of carbonyl (C=O) groups excluding carboxylic acids is 3. The summed E-state index contributed by atoms with van der Waals surface area (Å²) in [4.78, 5) is 47.2. The zero-order chi connectivity index (χ0) is 29.0. The summed E-state index contributed by atoms with van der Waals surface area (Å²) in [5, 5.41) is 3.86. The van der Waals surface area contributed by atoms with Crippen molar-refractivity contribution in [3.8, 4) is 0 Å². The van der Waals surface area contributed by atoms with Gasteiger partial charge in [-0.15, -0.1) is 0 Å². The Hall–Kier alpha value is -2.98. The first kappa shape index (κ1) is 31.5. The molecule has 0 amide bonds. The zero-order valence-corrected chi connectivity index (χ0v) is 24.9. The first-order chi connectivity index (χ1) is 19.3. The molecule has 212 valence electrons. The number of hydrogen-bond acceptors (Lipinski definition) is 9.